The number of hydrogen-bond donors (Lipinski definition) is 2. The summed E-state index contributed by atoms with van der Waals surface area (Å²) in [5, 5.41) is 18.1. The van der Waals surface area contributed by atoms with Gasteiger partial charge in [0.2, 0.25) is 0 Å². The Morgan fingerprint density at radius 3 is 2.67 bits per heavy atom. The van der Waals surface area contributed by atoms with Crippen molar-refractivity contribution in [3.8, 4) is 0 Å². The van der Waals surface area contributed by atoms with Crippen molar-refractivity contribution in [2.45, 2.75) is 44.0 Å². The van der Waals surface area contributed by atoms with Crippen molar-refractivity contribution in [2.24, 2.45) is 0 Å². The first-order valence-electron chi connectivity index (χ1n) is 7.35. The molecule has 0 saturated heterocycles. The summed E-state index contributed by atoms with van der Waals surface area (Å²) in [4.78, 5) is 12.0. The van der Waals surface area contributed by atoms with Crippen molar-refractivity contribution in [1.29, 1.82) is 0 Å². The molecule has 5 heteroatoms. The van der Waals surface area contributed by atoms with Crippen LogP contribution in [0.15, 0.2) is 30.3 Å². The van der Waals surface area contributed by atoms with E-state index in [1.165, 1.54) is 0 Å². The van der Waals surface area contributed by atoms with Crippen LogP contribution in [0.5, 0.6) is 0 Å². The summed E-state index contributed by atoms with van der Waals surface area (Å²) in [6, 6.07) is 8.93. The van der Waals surface area contributed by atoms with E-state index in [-0.39, 0.29) is 31.4 Å². The van der Waals surface area contributed by atoms with E-state index in [0.717, 1.165) is 19.3 Å². The Balaban J connectivity index is 1.80. The Bertz CT molecular complexity index is 434. The zero-order valence-corrected chi connectivity index (χ0v) is 12.0. The Morgan fingerprint density at radius 1 is 1.24 bits per heavy atom. The van der Waals surface area contributed by atoms with Crippen molar-refractivity contribution in [2.75, 3.05) is 13.2 Å². The minimum Gasteiger partial charge on any atom is -0.459 e. The normalized spacial score (nSPS) is 23.5. The highest BCUT2D eigenvalue weighted by molar-refractivity contribution is 5.89. The minimum atomic E-state index is -0.850. The summed E-state index contributed by atoms with van der Waals surface area (Å²) >= 11 is 0. The third kappa shape index (κ3) is 5.12. The maximum atomic E-state index is 12.0. The highest BCUT2D eigenvalue weighted by Gasteiger charge is 2.26. The van der Waals surface area contributed by atoms with Crippen LogP contribution in [0.2, 0.25) is 0 Å². The molecule has 0 aliphatic heterocycles. The first-order valence-corrected chi connectivity index (χ1v) is 7.35. The van der Waals surface area contributed by atoms with Crippen molar-refractivity contribution < 1.29 is 24.5 Å². The number of aliphatic hydroxyl groups excluding tert-OH is 2. The van der Waals surface area contributed by atoms with Gasteiger partial charge in [0.05, 0.1) is 24.9 Å². The number of aliphatic hydroxyl groups is 2. The van der Waals surface area contributed by atoms with Crippen LogP contribution in [-0.4, -0.2) is 47.7 Å². The molecule has 0 heterocycles. The summed E-state index contributed by atoms with van der Waals surface area (Å²) in [5.74, 6) is -0.309. The van der Waals surface area contributed by atoms with Crippen molar-refractivity contribution in [3.05, 3.63) is 35.9 Å². The minimum absolute atomic E-state index is 0.0338. The van der Waals surface area contributed by atoms with Gasteiger partial charge in [-0.15, -0.1) is 0 Å². The summed E-state index contributed by atoms with van der Waals surface area (Å²) < 4.78 is 11.1. The number of carbonyl (C=O) groups excluding carboxylic acids is 1. The maximum absolute atomic E-state index is 12.0. The Labute approximate surface area is 124 Å². The molecule has 1 aromatic rings. The second-order valence-corrected chi connectivity index (χ2v) is 5.35. The molecule has 116 valence electrons. The molecule has 1 saturated carbocycles. The van der Waals surface area contributed by atoms with E-state index >= 15 is 0 Å². The predicted molar refractivity (Wildman–Crippen MR) is 76.9 cm³/mol. The molecule has 1 aliphatic carbocycles. The molecule has 21 heavy (non-hydrogen) atoms. The molecule has 1 fully saturated rings. The first-order chi connectivity index (χ1) is 10.2. The van der Waals surface area contributed by atoms with Gasteiger partial charge in [-0.05, 0) is 31.4 Å². The molecule has 0 aromatic heterocycles. The monoisotopic (exact) mass is 294 g/mol. The fraction of sp³-hybridized carbons (Fsp3) is 0.562. The van der Waals surface area contributed by atoms with E-state index in [1.807, 2.05) is 6.07 Å². The van der Waals surface area contributed by atoms with Crippen molar-refractivity contribution in [3.63, 3.8) is 0 Å². The van der Waals surface area contributed by atoms with Gasteiger partial charge in [-0.3, -0.25) is 0 Å². The summed E-state index contributed by atoms with van der Waals surface area (Å²) in [5.41, 5.74) is 0.552. The van der Waals surface area contributed by atoms with Crippen LogP contribution in [0.1, 0.15) is 36.0 Å². The number of esters is 1. The third-order valence-electron chi connectivity index (χ3n) is 3.60. The molecular weight excluding hydrogens is 272 g/mol. The topological polar surface area (TPSA) is 76.0 Å². The number of hydrogen-bond acceptors (Lipinski definition) is 5. The van der Waals surface area contributed by atoms with Crippen LogP contribution in [0, 0.1) is 0 Å². The lowest BCUT2D eigenvalue weighted by molar-refractivity contribution is -0.0631. The van der Waals surface area contributed by atoms with Crippen LogP contribution in [0.25, 0.3) is 0 Å². The average Bonchev–Trinajstić information content (AvgIpc) is 2.53. The second kappa shape index (κ2) is 8.12. The van der Waals surface area contributed by atoms with Gasteiger partial charge in [0.15, 0.2) is 0 Å². The third-order valence-corrected chi connectivity index (χ3v) is 3.60. The molecule has 0 spiro atoms. The van der Waals surface area contributed by atoms with Gasteiger partial charge in [-0.25, -0.2) is 4.79 Å². The van der Waals surface area contributed by atoms with E-state index in [4.69, 9.17) is 14.6 Å². The highest BCUT2D eigenvalue weighted by Crippen LogP contribution is 2.24. The van der Waals surface area contributed by atoms with E-state index in [9.17, 15) is 9.90 Å². The summed E-state index contributed by atoms with van der Waals surface area (Å²) in [7, 11) is 0. The lowest BCUT2D eigenvalue weighted by Crippen LogP contribution is -2.32. The summed E-state index contributed by atoms with van der Waals surface area (Å²) in [6.45, 7) is -0.195. The quantitative estimate of drug-likeness (QED) is 0.778. The number of rotatable bonds is 6. The van der Waals surface area contributed by atoms with Gasteiger partial charge in [-0.1, -0.05) is 18.2 Å². The Hall–Kier alpha value is -1.43. The van der Waals surface area contributed by atoms with Gasteiger partial charge in [-0.2, -0.15) is 0 Å². The fourth-order valence-electron chi connectivity index (χ4n) is 2.45. The van der Waals surface area contributed by atoms with Crippen molar-refractivity contribution in [1.82, 2.24) is 0 Å². The standard InChI is InChI=1S/C16H22O5/c17-10-13(18)11-20-14-7-4-8-15(9-14)21-16(19)12-5-2-1-3-6-12/h1-3,5-6,13-15,17-18H,4,7-11H2. The molecule has 5 nitrogen and oxygen atoms in total. The molecule has 3 atom stereocenters. The molecule has 0 bridgehead atoms. The van der Waals surface area contributed by atoms with Crippen LogP contribution >= 0.6 is 0 Å². The predicted octanol–water partition coefficient (Wildman–Crippen LogP) is 1.52. The highest BCUT2D eigenvalue weighted by atomic mass is 16.5. The van der Waals surface area contributed by atoms with Gasteiger partial charge in [0.25, 0.3) is 0 Å². The number of benzene rings is 1. The van der Waals surface area contributed by atoms with Gasteiger partial charge in [0, 0.05) is 6.42 Å². The smallest absolute Gasteiger partial charge is 0.338 e. The van der Waals surface area contributed by atoms with Crippen LogP contribution < -0.4 is 0 Å². The fourth-order valence-corrected chi connectivity index (χ4v) is 2.45. The molecular formula is C16H22O5. The van der Waals surface area contributed by atoms with E-state index < -0.39 is 6.10 Å². The number of carbonyl (C=O) groups is 1. The largest absolute Gasteiger partial charge is 0.459 e. The molecule has 0 radical (unpaired) electrons. The molecule has 2 rings (SSSR count). The Kier molecular flexibility index (Phi) is 6.17. The van der Waals surface area contributed by atoms with Gasteiger partial charge >= 0.3 is 5.97 Å². The van der Waals surface area contributed by atoms with Gasteiger partial charge in [0.1, 0.15) is 12.2 Å². The van der Waals surface area contributed by atoms with Crippen LogP contribution in [-0.2, 0) is 9.47 Å². The second-order valence-electron chi connectivity index (χ2n) is 5.35. The van der Waals surface area contributed by atoms with Crippen LogP contribution in [0.3, 0.4) is 0 Å². The first kappa shape index (κ1) is 15.9. The SMILES string of the molecule is O=C(OC1CCCC(OCC(O)CO)C1)c1ccccc1. The molecule has 2 N–H and O–H groups in total. The van der Waals surface area contributed by atoms with E-state index in [2.05, 4.69) is 0 Å². The maximum Gasteiger partial charge on any atom is 0.338 e. The van der Waals surface area contributed by atoms with E-state index in [0.29, 0.717) is 12.0 Å². The molecule has 0 amide bonds. The lowest BCUT2D eigenvalue weighted by Gasteiger charge is -2.29. The van der Waals surface area contributed by atoms with Gasteiger partial charge < -0.3 is 19.7 Å². The molecule has 3 unspecified atom stereocenters. The van der Waals surface area contributed by atoms with Crippen LogP contribution in [0.4, 0.5) is 0 Å². The lowest BCUT2D eigenvalue weighted by atomic mass is 9.94. The van der Waals surface area contributed by atoms with E-state index in [1.54, 1.807) is 24.3 Å². The van der Waals surface area contributed by atoms with Crippen molar-refractivity contribution >= 4 is 5.97 Å². The molecule has 1 aliphatic rings. The zero-order valence-electron chi connectivity index (χ0n) is 12.0. The Morgan fingerprint density at radius 2 is 1.95 bits per heavy atom. The zero-order chi connectivity index (χ0) is 15.1. The summed E-state index contributed by atoms with van der Waals surface area (Å²) in [6.07, 6.45) is 2.25. The molecule has 1 aromatic carbocycles. The average molecular weight is 294 g/mol. The number of ether oxygens (including phenoxy) is 2.